The summed E-state index contributed by atoms with van der Waals surface area (Å²) in [4.78, 5) is 0.0359. The van der Waals surface area contributed by atoms with Crippen LogP contribution in [0.25, 0.3) is 0 Å². The van der Waals surface area contributed by atoms with E-state index in [4.69, 9.17) is 0 Å². The van der Waals surface area contributed by atoms with E-state index in [1.807, 2.05) is 0 Å². The van der Waals surface area contributed by atoms with Crippen LogP contribution in [0.1, 0.15) is 12.8 Å². The predicted molar refractivity (Wildman–Crippen MR) is 80.4 cm³/mol. The molecular formula is C13H20N2O4S2. The second kappa shape index (κ2) is 6.04. The molecule has 0 aliphatic carbocycles. The van der Waals surface area contributed by atoms with Crippen molar-refractivity contribution in [2.75, 3.05) is 26.4 Å². The number of hydrogen-bond donors (Lipinski definition) is 1. The highest BCUT2D eigenvalue weighted by Crippen LogP contribution is 2.22. The largest absolute Gasteiger partial charge is 0.317 e. The van der Waals surface area contributed by atoms with Crippen molar-refractivity contribution in [1.29, 1.82) is 0 Å². The Hall–Kier alpha value is -0.960. The van der Waals surface area contributed by atoms with Crippen LogP contribution in [0, 0.1) is 0 Å². The maximum Gasteiger partial charge on any atom is 0.243 e. The summed E-state index contributed by atoms with van der Waals surface area (Å²) in [6, 6.07) is 5.46. The molecule has 1 N–H and O–H groups in total. The third-order valence-corrected chi connectivity index (χ3v) is 6.75. The molecule has 0 radical (unpaired) electrons. The summed E-state index contributed by atoms with van der Waals surface area (Å²) >= 11 is 0. The van der Waals surface area contributed by atoms with Crippen molar-refractivity contribution >= 4 is 19.9 Å². The summed E-state index contributed by atoms with van der Waals surface area (Å²) in [5.41, 5.74) is 0. The van der Waals surface area contributed by atoms with Gasteiger partial charge in [-0.3, -0.25) is 0 Å². The number of sulfonamides is 1. The highest BCUT2D eigenvalue weighted by Gasteiger charge is 2.29. The molecule has 1 aromatic rings. The van der Waals surface area contributed by atoms with Crippen LogP contribution >= 0.6 is 0 Å². The molecule has 1 aliphatic rings. The summed E-state index contributed by atoms with van der Waals surface area (Å²) in [5, 5.41) is 3.19. The van der Waals surface area contributed by atoms with Crippen LogP contribution in [0.15, 0.2) is 34.1 Å². The van der Waals surface area contributed by atoms with E-state index in [1.165, 1.54) is 28.6 Å². The summed E-state index contributed by atoms with van der Waals surface area (Å²) in [5.74, 6) is 0. The lowest BCUT2D eigenvalue weighted by molar-refractivity contribution is 0.296. The smallest absolute Gasteiger partial charge is 0.243 e. The minimum atomic E-state index is -3.68. The normalized spacial score (nSPS) is 18.0. The van der Waals surface area contributed by atoms with Gasteiger partial charge in [0.1, 0.15) is 0 Å². The molecule has 1 aromatic carbocycles. The number of sulfone groups is 1. The molecule has 21 heavy (non-hydrogen) atoms. The van der Waals surface area contributed by atoms with Gasteiger partial charge >= 0.3 is 0 Å². The topological polar surface area (TPSA) is 83.6 Å². The number of nitrogens with zero attached hydrogens (tertiary/aromatic N) is 1. The highest BCUT2D eigenvalue weighted by molar-refractivity contribution is 7.91. The molecule has 0 spiro atoms. The van der Waals surface area contributed by atoms with E-state index >= 15 is 0 Å². The monoisotopic (exact) mass is 332 g/mol. The van der Waals surface area contributed by atoms with Gasteiger partial charge in [-0.25, -0.2) is 16.8 Å². The second-order valence-corrected chi connectivity index (χ2v) is 9.26. The van der Waals surface area contributed by atoms with Crippen molar-refractivity contribution in [1.82, 2.24) is 9.62 Å². The second-order valence-electron chi connectivity index (χ2n) is 5.25. The average molecular weight is 332 g/mol. The lowest BCUT2D eigenvalue weighted by Gasteiger charge is -2.30. The molecule has 118 valence electrons. The molecule has 1 saturated heterocycles. The first-order valence-electron chi connectivity index (χ1n) is 6.72. The fourth-order valence-electron chi connectivity index (χ4n) is 2.40. The molecule has 1 aliphatic heterocycles. The van der Waals surface area contributed by atoms with Gasteiger partial charge < -0.3 is 5.32 Å². The van der Waals surface area contributed by atoms with E-state index in [-0.39, 0.29) is 15.8 Å². The molecule has 0 aromatic heterocycles. The Kier molecular flexibility index (Phi) is 4.72. The average Bonchev–Trinajstić information content (AvgIpc) is 2.46. The third kappa shape index (κ3) is 3.63. The maximum atomic E-state index is 12.6. The van der Waals surface area contributed by atoms with Gasteiger partial charge in [0.15, 0.2) is 9.84 Å². The maximum absolute atomic E-state index is 12.6. The van der Waals surface area contributed by atoms with Crippen LogP contribution in [-0.2, 0) is 19.9 Å². The van der Waals surface area contributed by atoms with Crippen molar-refractivity contribution in [3.63, 3.8) is 0 Å². The number of hydrogen-bond acceptors (Lipinski definition) is 5. The summed E-state index contributed by atoms with van der Waals surface area (Å²) in [7, 11) is -5.56. The Balaban J connectivity index is 2.35. The Morgan fingerprint density at radius 1 is 1.10 bits per heavy atom. The fraction of sp³-hybridized carbons (Fsp3) is 0.538. The quantitative estimate of drug-likeness (QED) is 0.866. The Bertz CT molecular complexity index is 707. The van der Waals surface area contributed by atoms with Gasteiger partial charge in [0.2, 0.25) is 10.0 Å². The molecular weight excluding hydrogens is 312 g/mol. The summed E-state index contributed by atoms with van der Waals surface area (Å²) < 4.78 is 49.7. The standard InChI is InChI=1S/C13H20N2O4S2/c1-15(11-6-8-14-9-7-11)21(18,19)13-5-3-4-12(10-13)20(2,16)17/h3-5,10-11,14H,6-9H2,1-2H3. The van der Waals surface area contributed by atoms with Gasteiger partial charge in [0, 0.05) is 19.3 Å². The van der Waals surface area contributed by atoms with Crippen LogP contribution < -0.4 is 5.32 Å². The van der Waals surface area contributed by atoms with Gasteiger partial charge in [0.05, 0.1) is 9.79 Å². The molecule has 0 bridgehead atoms. The van der Waals surface area contributed by atoms with Gasteiger partial charge in [-0.15, -0.1) is 0 Å². The van der Waals surface area contributed by atoms with Crippen molar-refractivity contribution in [3.8, 4) is 0 Å². The molecule has 0 atom stereocenters. The van der Waals surface area contributed by atoms with E-state index in [0.29, 0.717) is 0 Å². The Morgan fingerprint density at radius 2 is 1.67 bits per heavy atom. The first-order valence-corrected chi connectivity index (χ1v) is 10.0. The van der Waals surface area contributed by atoms with Gasteiger partial charge in [0.25, 0.3) is 0 Å². The first-order chi connectivity index (χ1) is 9.73. The molecule has 1 heterocycles. The van der Waals surface area contributed by atoms with Crippen LogP contribution in [0.3, 0.4) is 0 Å². The Labute approximate surface area is 126 Å². The number of benzene rings is 1. The van der Waals surface area contributed by atoms with Gasteiger partial charge in [-0.05, 0) is 44.1 Å². The summed E-state index contributed by atoms with van der Waals surface area (Å²) in [6.07, 6.45) is 2.57. The number of nitrogens with one attached hydrogen (secondary N) is 1. The first kappa shape index (κ1) is 16.4. The van der Waals surface area contributed by atoms with Crippen molar-refractivity contribution in [3.05, 3.63) is 24.3 Å². The molecule has 2 rings (SSSR count). The van der Waals surface area contributed by atoms with E-state index in [2.05, 4.69) is 5.32 Å². The zero-order valence-electron chi connectivity index (χ0n) is 12.1. The number of rotatable bonds is 4. The van der Waals surface area contributed by atoms with Crippen LogP contribution in [0.5, 0.6) is 0 Å². The molecule has 1 fully saturated rings. The van der Waals surface area contributed by atoms with Crippen molar-refractivity contribution in [2.24, 2.45) is 0 Å². The fourth-order valence-corrected chi connectivity index (χ4v) is 4.60. The van der Waals surface area contributed by atoms with Crippen LogP contribution in [-0.4, -0.2) is 53.6 Å². The highest BCUT2D eigenvalue weighted by atomic mass is 32.2. The molecule has 0 saturated carbocycles. The van der Waals surface area contributed by atoms with E-state index in [0.717, 1.165) is 32.2 Å². The van der Waals surface area contributed by atoms with Gasteiger partial charge in [-0.2, -0.15) is 4.31 Å². The molecule has 0 unspecified atom stereocenters. The zero-order valence-corrected chi connectivity index (χ0v) is 13.7. The van der Waals surface area contributed by atoms with Crippen molar-refractivity contribution in [2.45, 2.75) is 28.7 Å². The lowest BCUT2D eigenvalue weighted by Crippen LogP contribution is -2.43. The van der Waals surface area contributed by atoms with Crippen molar-refractivity contribution < 1.29 is 16.8 Å². The number of piperidine rings is 1. The molecule has 8 heteroatoms. The Morgan fingerprint density at radius 3 is 2.24 bits per heavy atom. The minimum absolute atomic E-state index is 0.0160. The van der Waals surface area contributed by atoms with E-state index < -0.39 is 19.9 Å². The van der Waals surface area contributed by atoms with E-state index in [1.54, 1.807) is 7.05 Å². The van der Waals surface area contributed by atoms with Crippen LogP contribution in [0.2, 0.25) is 0 Å². The van der Waals surface area contributed by atoms with Gasteiger partial charge in [-0.1, -0.05) is 6.07 Å². The summed E-state index contributed by atoms with van der Waals surface area (Å²) in [6.45, 7) is 1.57. The predicted octanol–water partition coefficient (Wildman–Crippen LogP) is 0.463. The molecule has 6 nitrogen and oxygen atoms in total. The van der Waals surface area contributed by atoms with Crippen LogP contribution in [0.4, 0.5) is 0 Å². The third-order valence-electron chi connectivity index (χ3n) is 3.73. The molecule has 0 amide bonds. The zero-order chi connectivity index (χ0) is 15.7. The minimum Gasteiger partial charge on any atom is -0.317 e. The lowest BCUT2D eigenvalue weighted by atomic mass is 10.1. The SMILES string of the molecule is CN(C1CCNCC1)S(=O)(=O)c1cccc(S(C)(=O)=O)c1. The van der Waals surface area contributed by atoms with E-state index in [9.17, 15) is 16.8 Å².